The zero-order chi connectivity index (χ0) is 18.7. The second-order valence-corrected chi connectivity index (χ2v) is 11.6. The van der Waals surface area contributed by atoms with E-state index in [2.05, 4.69) is 40.4 Å². The molecule has 0 spiro atoms. The molecule has 1 rings (SSSR count). The van der Waals surface area contributed by atoms with Gasteiger partial charge in [-0.15, -0.1) is 6.58 Å². The predicted molar refractivity (Wildman–Crippen MR) is 103 cm³/mol. The van der Waals surface area contributed by atoms with E-state index in [0.29, 0.717) is 12.5 Å². The van der Waals surface area contributed by atoms with Crippen LogP contribution in [0.4, 0.5) is 4.79 Å². The molecule has 5 heteroatoms. The average molecular weight is 356 g/mol. The van der Waals surface area contributed by atoms with Crippen molar-refractivity contribution in [3.05, 3.63) is 12.7 Å². The number of rotatable bonds is 4. The van der Waals surface area contributed by atoms with Gasteiger partial charge in [0.2, 0.25) is 0 Å². The summed E-state index contributed by atoms with van der Waals surface area (Å²) in [6.07, 6.45) is 2.90. The van der Waals surface area contributed by atoms with E-state index in [9.17, 15) is 4.79 Å². The summed E-state index contributed by atoms with van der Waals surface area (Å²) < 4.78 is 11.9. The number of carbonyl (C=O) groups is 1. The predicted octanol–water partition coefficient (Wildman–Crippen LogP) is 4.46. The smallest absolute Gasteiger partial charge is 0.410 e. The highest BCUT2D eigenvalue weighted by Gasteiger charge is 2.41. The lowest BCUT2D eigenvalue weighted by Gasteiger charge is -2.46. The Morgan fingerprint density at radius 2 is 1.83 bits per heavy atom. The molecule has 24 heavy (non-hydrogen) atoms. The van der Waals surface area contributed by atoms with E-state index in [1.807, 2.05) is 31.7 Å². The lowest BCUT2D eigenvalue weighted by molar-refractivity contribution is -0.0253. The van der Waals surface area contributed by atoms with Crippen molar-refractivity contribution in [1.82, 2.24) is 4.90 Å². The van der Waals surface area contributed by atoms with E-state index >= 15 is 0 Å². The number of likely N-dealkylation sites (tertiary alicyclic amines) is 1. The second kappa shape index (κ2) is 8.04. The number of hydrogen-bond donors (Lipinski definition) is 0. The molecule has 1 fully saturated rings. The maximum absolute atomic E-state index is 12.4. The van der Waals surface area contributed by atoms with E-state index in [1.165, 1.54) is 0 Å². The van der Waals surface area contributed by atoms with Gasteiger partial charge in [0.1, 0.15) is 5.60 Å². The van der Waals surface area contributed by atoms with Crippen LogP contribution in [-0.4, -0.2) is 44.8 Å². The molecule has 4 nitrogen and oxygen atoms in total. The quantitative estimate of drug-likeness (QED) is 0.552. The van der Waals surface area contributed by atoms with Crippen LogP contribution < -0.4 is 0 Å². The van der Waals surface area contributed by atoms with Gasteiger partial charge in [-0.3, -0.25) is 0 Å². The van der Waals surface area contributed by atoms with Crippen molar-refractivity contribution < 1.29 is 14.0 Å². The van der Waals surface area contributed by atoms with Crippen LogP contribution in [0.5, 0.6) is 0 Å². The number of nitrogens with zero attached hydrogens (tertiary/aromatic N) is 1. The van der Waals surface area contributed by atoms with Gasteiger partial charge in [0.25, 0.3) is 0 Å². The Hall–Kier alpha value is -0.813. The van der Waals surface area contributed by atoms with E-state index in [-0.39, 0.29) is 23.5 Å². The van der Waals surface area contributed by atoms with Crippen molar-refractivity contribution >= 4 is 15.1 Å². The van der Waals surface area contributed by atoms with Crippen molar-refractivity contribution in [1.29, 1.82) is 0 Å². The average Bonchev–Trinajstić information content (AvgIpc) is 2.41. The zero-order valence-electron chi connectivity index (χ0n) is 16.9. The molecule has 0 saturated carbocycles. The van der Waals surface area contributed by atoms with E-state index in [1.54, 1.807) is 0 Å². The van der Waals surface area contributed by atoms with Crippen molar-refractivity contribution in [3.63, 3.8) is 0 Å². The van der Waals surface area contributed by atoms with Crippen molar-refractivity contribution in [2.45, 2.75) is 72.8 Å². The Kier molecular flexibility index (Phi) is 7.12. The van der Waals surface area contributed by atoms with Crippen LogP contribution in [0.25, 0.3) is 0 Å². The minimum atomic E-state index is -1.14. The van der Waals surface area contributed by atoms with Crippen molar-refractivity contribution in [2.75, 3.05) is 13.1 Å². The fourth-order valence-corrected chi connectivity index (χ4v) is 4.55. The lowest BCUT2D eigenvalue weighted by Crippen LogP contribution is -2.51. The van der Waals surface area contributed by atoms with Gasteiger partial charge in [0.15, 0.2) is 9.04 Å². The topological polar surface area (TPSA) is 38.8 Å². The third-order valence-electron chi connectivity index (χ3n) is 4.33. The summed E-state index contributed by atoms with van der Waals surface area (Å²) in [4.78, 5) is 14.2. The van der Waals surface area contributed by atoms with Gasteiger partial charge in [-0.1, -0.05) is 26.8 Å². The molecule has 1 aliphatic rings. The van der Waals surface area contributed by atoms with Gasteiger partial charge in [-0.25, -0.2) is 4.79 Å². The molecule has 140 valence electrons. The molecule has 0 aromatic rings. The maximum Gasteiger partial charge on any atom is 0.410 e. The van der Waals surface area contributed by atoms with Gasteiger partial charge in [-0.2, -0.15) is 0 Å². The minimum Gasteiger partial charge on any atom is -0.444 e. The highest BCUT2D eigenvalue weighted by molar-refractivity contribution is 6.48. The first-order chi connectivity index (χ1) is 10.8. The normalized spacial score (nSPS) is 24.0. The number of hydrogen-bond acceptors (Lipinski definition) is 3. The van der Waals surface area contributed by atoms with Crippen LogP contribution in [0.15, 0.2) is 12.7 Å². The van der Waals surface area contributed by atoms with Gasteiger partial charge in [0.05, 0.1) is 6.10 Å². The van der Waals surface area contributed by atoms with E-state index < -0.39 is 14.6 Å². The minimum absolute atomic E-state index is 0.0806. The van der Waals surface area contributed by atoms with Crippen LogP contribution in [-0.2, 0) is 9.16 Å². The van der Waals surface area contributed by atoms with Crippen LogP contribution in [0.3, 0.4) is 0 Å². The summed E-state index contributed by atoms with van der Waals surface area (Å²) in [5, 5.41) is 0. The van der Waals surface area contributed by atoms with Crippen molar-refractivity contribution in [3.8, 4) is 0 Å². The molecule has 1 saturated heterocycles. The SMILES string of the molecule is C=C[C@H]1CN(C(=O)OC(C)(C)C)CC[C@@H]1C(O[SiH](C)C)C(C)(C)C. The Labute approximate surface area is 150 Å². The number of carbonyl (C=O) groups excluding carboxylic acids is 1. The largest absolute Gasteiger partial charge is 0.444 e. The Balaban J connectivity index is 2.87. The molecule has 0 N–H and O–H groups in total. The zero-order valence-corrected chi connectivity index (χ0v) is 18.0. The van der Waals surface area contributed by atoms with Crippen LogP contribution in [0.2, 0.25) is 13.1 Å². The molecule has 0 bridgehead atoms. The van der Waals surface area contributed by atoms with E-state index in [4.69, 9.17) is 9.16 Å². The maximum atomic E-state index is 12.4. The van der Waals surface area contributed by atoms with Crippen molar-refractivity contribution in [2.24, 2.45) is 17.3 Å². The Morgan fingerprint density at radius 3 is 2.25 bits per heavy atom. The molecule has 1 amide bonds. The van der Waals surface area contributed by atoms with Gasteiger partial charge >= 0.3 is 6.09 Å². The fourth-order valence-electron chi connectivity index (χ4n) is 3.36. The molecule has 0 aliphatic carbocycles. The van der Waals surface area contributed by atoms with Crippen LogP contribution >= 0.6 is 0 Å². The standard InChI is InChI=1S/C19H37NO3Si/c1-10-14-13-20(17(21)22-19(5,6)7)12-11-15(14)16(18(2,3)4)23-24(8)9/h10,14-16,24H,1,11-13H2,2-9H3/t14-,15-,16?/m0/s1. The molecule has 1 aliphatic heterocycles. The molecule has 1 unspecified atom stereocenters. The highest BCUT2D eigenvalue weighted by atomic mass is 28.3. The summed E-state index contributed by atoms with van der Waals surface area (Å²) in [7, 11) is -1.14. The number of amides is 1. The van der Waals surface area contributed by atoms with Gasteiger partial charge < -0.3 is 14.1 Å². The molecule has 0 aromatic heterocycles. The second-order valence-electron chi connectivity index (χ2n) is 9.25. The summed E-state index contributed by atoms with van der Waals surface area (Å²) >= 11 is 0. The third kappa shape index (κ3) is 6.24. The first-order valence-electron chi connectivity index (χ1n) is 9.11. The third-order valence-corrected chi connectivity index (χ3v) is 5.17. The van der Waals surface area contributed by atoms with E-state index in [0.717, 1.165) is 13.0 Å². The summed E-state index contributed by atoms with van der Waals surface area (Å²) in [6.45, 7) is 22.3. The summed E-state index contributed by atoms with van der Waals surface area (Å²) in [5.74, 6) is 0.638. The highest BCUT2D eigenvalue weighted by Crippen LogP contribution is 2.38. The van der Waals surface area contributed by atoms with Gasteiger partial charge in [-0.05, 0) is 57.5 Å². The molecule has 3 atom stereocenters. The van der Waals surface area contributed by atoms with Gasteiger partial charge in [0, 0.05) is 13.1 Å². The number of piperidine rings is 1. The number of ether oxygens (including phenoxy) is 1. The first kappa shape index (κ1) is 21.2. The molecular formula is C19H37NO3Si. The molecule has 1 heterocycles. The summed E-state index contributed by atoms with van der Waals surface area (Å²) in [5.41, 5.74) is -0.380. The molecule has 0 radical (unpaired) electrons. The summed E-state index contributed by atoms with van der Waals surface area (Å²) in [6, 6.07) is 0. The Morgan fingerprint density at radius 1 is 1.25 bits per heavy atom. The first-order valence-corrected chi connectivity index (χ1v) is 11.9. The lowest BCUT2D eigenvalue weighted by atomic mass is 9.72. The van der Waals surface area contributed by atoms with Crippen LogP contribution in [0, 0.1) is 17.3 Å². The molecular weight excluding hydrogens is 318 g/mol. The molecule has 0 aromatic carbocycles. The Bertz CT molecular complexity index is 437. The monoisotopic (exact) mass is 355 g/mol. The van der Waals surface area contributed by atoms with Crippen LogP contribution in [0.1, 0.15) is 48.0 Å². The fraction of sp³-hybridized carbons (Fsp3) is 0.842.